The molecule has 0 saturated carbocycles. The van der Waals surface area contributed by atoms with Gasteiger partial charge in [0.05, 0.1) is 6.10 Å². The van der Waals surface area contributed by atoms with Crippen molar-refractivity contribution in [1.82, 2.24) is 0 Å². The van der Waals surface area contributed by atoms with Crippen LogP contribution in [0.5, 0.6) is 0 Å². The van der Waals surface area contributed by atoms with Crippen molar-refractivity contribution in [3.8, 4) is 0 Å². The van der Waals surface area contributed by atoms with E-state index in [-0.39, 0.29) is 6.10 Å². The average Bonchev–Trinajstić information content (AvgIpc) is 2.31. The summed E-state index contributed by atoms with van der Waals surface area (Å²) >= 11 is 0. The smallest absolute Gasteiger partial charge is 0.0927 e. The molecule has 0 fully saturated rings. The minimum absolute atomic E-state index is 0.297. The summed E-state index contributed by atoms with van der Waals surface area (Å²) in [6.45, 7) is 4.26. The second kappa shape index (κ2) is 13.0. The molecule has 0 aliphatic carbocycles. The first-order chi connectivity index (χ1) is 7.81. The van der Waals surface area contributed by atoms with Gasteiger partial charge in [0.1, 0.15) is 0 Å². The van der Waals surface area contributed by atoms with Crippen molar-refractivity contribution in [3.05, 3.63) is 0 Å². The molecule has 0 aliphatic rings. The fraction of sp³-hybridized carbons (Fsp3) is 1.00. The molecule has 0 spiro atoms. The van der Waals surface area contributed by atoms with Crippen molar-refractivity contribution in [1.29, 1.82) is 0 Å². The molecule has 0 aromatic rings. The Morgan fingerprint density at radius 3 is 1.56 bits per heavy atom. The Balaban J connectivity index is 2.93. The van der Waals surface area contributed by atoms with Crippen molar-refractivity contribution >= 4 is 0 Å². The first kappa shape index (κ1) is 16.0. The molecule has 0 aliphatic heterocycles. The van der Waals surface area contributed by atoms with Crippen molar-refractivity contribution in [2.75, 3.05) is 0 Å². The summed E-state index contributed by atoms with van der Waals surface area (Å²) in [4.78, 5) is 0. The standard InChI is InChI=1S/C15H31O/c1-3-5-6-7-8-9-10-11-12-13-14-15(16)4-2/h15H,3-14H2,1-2H3. The third kappa shape index (κ3) is 12.0. The maximum Gasteiger partial charge on any atom is 0.0927 e. The zero-order valence-corrected chi connectivity index (χ0v) is 11.5. The highest BCUT2D eigenvalue weighted by Crippen LogP contribution is 2.12. The van der Waals surface area contributed by atoms with Gasteiger partial charge < -0.3 is 0 Å². The van der Waals surface area contributed by atoms with Crippen LogP contribution < -0.4 is 0 Å². The zero-order valence-electron chi connectivity index (χ0n) is 11.5. The predicted molar refractivity (Wildman–Crippen MR) is 71.2 cm³/mol. The predicted octanol–water partition coefficient (Wildman–Crippen LogP) is 5.51. The number of rotatable bonds is 12. The lowest BCUT2D eigenvalue weighted by atomic mass is 10.0. The van der Waals surface area contributed by atoms with Crippen LogP contribution in [0.4, 0.5) is 0 Å². The maximum atomic E-state index is 11.1. The van der Waals surface area contributed by atoms with Gasteiger partial charge in [-0.1, -0.05) is 78.1 Å². The molecule has 0 aromatic heterocycles. The molecular formula is C15H31O. The summed E-state index contributed by atoms with van der Waals surface area (Å²) in [6.07, 6.45) is 14.9. The molecule has 0 bridgehead atoms. The molecule has 0 aromatic carbocycles. The van der Waals surface area contributed by atoms with Gasteiger partial charge in [0.2, 0.25) is 0 Å². The normalized spacial score (nSPS) is 12.9. The SMILES string of the molecule is CCCCCCCCCCCCC([O])CC. The van der Waals surface area contributed by atoms with E-state index in [0.29, 0.717) is 0 Å². The first-order valence-electron chi connectivity index (χ1n) is 7.47. The fourth-order valence-electron chi connectivity index (χ4n) is 2.06. The van der Waals surface area contributed by atoms with Crippen molar-refractivity contribution < 1.29 is 5.11 Å². The minimum Gasteiger partial charge on any atom is -0.233 e. The summed E-state index contributed by atoms with van der Waals surface area (Å²) < 4.78 is 0. The molecule has 1 nitrogen and oxygen atoms in total. The van der Waals surface area contributed by atoms with E-state index in [0.717, 1.165) is 19.3 Å². The van der Waals surface area contributed by atoms with E-state index in [1.165, 1.54) is 57.8 Å². The Morgan fingerprint density at radius 1 is 0.688 bits per heavy atom. The Hall–Kier alpha value is -0.0400. The number of hydrogen-bond donors (Lipinski definition) is 0. The fourth-order valence-corrected chi connectivity index (χ4v) is 2.06. The van der Waals surface area contributed by atoms with E-state index in [2.05, 4.69) is 6.92 Å². The summed E-state index contributed by atoms with van der Waals surface area (Å²) in [7, 11) is 0. The van der Waals surface area contributed by atoms with Crippen molar-refractivity contribution in [2.24, 2.45) is 0 Å². The van der Waals surface area contributed by atoms with Crippen LogP contribution in [-0.2, 0) is 5.11 Å². The molecular weight excluding hydrogens is 196 g/mol. The zero-order chi connectivity index (χ0) is 12.1. The van der Waals surface area contributed by atoms with E-state index < -0.39 is 0 Å². The molecule has 0 rings (SSSR count). The molecule has 16 heavy (non-hydrogen) atoms. The van der Waals surface area contributed by atoms with Gasteiger partial charge in [-0.2, -0.15) is 0 Å². The van der Waals surface area contributed by atoms with E-state index in [9.17, 15) is 5.11 Å². The second-order valence-corrected chi connectivity index (χ2v) is 5.00. The van der Waals surface area contributed by atoms with Gasteiger partial charge >= 0.3 is 0 Å². The van der Waals surface area contributed by atoms with Crippen LogP contribution in [0.3, 0.4) is 0 Å². The quantitative estimate of drug-likeness (QED) is 0.392. The van der Waals surface area contributed by atoms with Crippen LogP contribution in [0, 0.1) is 0 Å². The summed E-state index contributed by atoms with van der Waals surface area (Å²) in [5.74, 6) is 0. The first-order valence-corrected chi connectivity index (χ1v) is 7.47. The van der Waals surface area contributed by atoms with Gasteiger partial charge in [0.25, 0.3) is 0 Å². The van der Waals surface area contributed by atoms with Gasteiger partial charge in [-0.15, -0.1) is 0 Å². The second-order valence-electron chi connectivity index (χ2n) is 5.00. The summed E-state index contributed by atoms with van der Waals surface area (Å²) in [5.41, 5.74) is 0. The highest BCUT2D eigenvalue weighted by Gasteiger charge is 2.01. The Morgan fingerprint density at radius 2 is 1.12 bits per heavy atom. The molecule has 0 heterocycles. The summed E-state index contributed by atoms with van der Waals surface area (Å²) in [5, 5.41) is 11.1. The van der Waals surface area contributed by atoms with Gasteiger partial charge in [0, 0.05) is 0 Å². The lowest BCUT2D eigenvalue weighted by molar-refractivity contribution is 0.0755. The Kier molecular flexibility index (Phi) is 13.0. The highest BCUT2D eigenvalue weighted by atomic mass is 16.3. The van der Waals surface area contributed by atoms with Gasteiger partial charge in [-0.25, -0.2) is 5.11 Å². The van der Waals surface area contributed by atoms with Gasteiger partial charge in [-0.05, 0) is 12.8 Å². The van der Waals surface area contributed by atoms with E-state index in [1.807, 2.05) is 6.92 Å². The molecule has 0 N–H and O–H groups in total. The van der Waals surface area contributed by atoms with Crippen molar-refractivity contribution in [2.45, 2.75) is 97.0 Å². The largest absolute Gasteiger partial charge is 0.233 e. The average molecular weight is 227 g/mol. The van der Waals surface area contributed by atoms with Crippen LogP contribution in [-0.4, -0.2) is 6.10 Å². The van der Waals surface area contributed by atoms with Gasteiger partial charge in [-0.3, -0.25) is 0 Å². The van der Waals surface area contributed by atoms with Crippen LogP contribution in [0.2, 0.25) is 0 Å². The highest BCUT2D eigenvalue weighted by molar-refractivity contribution is 4.53. The van der Waals surface area contributed by atoms with Crippen molar-refractivity contribution in [3.63, 3.8) is 0 Å². The number of hydrogen-bond acceptors (Lipinski definition) is 0. The van der Waals surface area contributed by atoms with E-state index in [4.69, 9.17) is 0 Å². The monoisotopic (exact) mass is 227 g/mol. The van der Waals surface area contributed by atoms with Crippen LogP contribution in [0.15, 0.2) is 0 Å². The van der Waals surface area contributed by atoms with E-state index in [1.54, 1.807) is 0 Å². The summed E-state index contributed by atoms with van der Waals surface area (Å²) in [6, 6.07) is 0. The minimum atomic E-state index is -0.297. The van der Waals surface area contributed by atoms with Crippen LogP contribution in [0.25, 0.3) is 0 Å². The van der Waals surface area contributed by atoms with Crippen LogP contribution >= 0.6 is 0 Å². The topological polar surface area (TPSA) is 19.9 Å². The molecule has 1 radical (unpaired) electrons. The maximum absolute atomic E-state index is 11.1. The molecule has 0 saturated heterocycles. The third-order valence-corrected chi connectivity index (χ3v) is 3.33. The molecule has 97 valence electrons. The van der Waals surface area contributed by atoms with E-state index >= 15 is 0 Å². The molecule has 1 unspecified atom stereocenters. The lowest BCUT2D eigenvalue weighted by Gasteiger charge is -2.04. The molecule has 0 amide bonds. The Labute approximate surface area is 103 Å². The Bertz CT molecular complexity index is 123. The molecule has 1 atom stereocenters. The molecule has 1 heteroatoms. The number of unbranched alkanes of at least 4 members (excludes halogenated alkanes) is 9. The van der Waals surface area contributed by atoms with Gasteiger partial charge in [0.15, 0.2) is 0 Å². The van der Waals surface area contributed by atoms with Crippen LogP contribution in [0.1, 0.15) is 90.9 Å². The lowest BCUT2D eigenvalue weighted by Crippen LogP contribution is -2.01. The third-order valence-electron chi connectivity index (χ3n) is 3.33.